The zero-order valence-corrected chi connectivity index (χ0v) is 8.92. The van der Waals surface area contributed by atoms with Crippen LogP contribution >= 0.6 is 0 Å². The molecule has 2 rings (SSSR count). The molecule has 2 aromatic rings. The van der Waals surface area contributed by atoms with Crippen LogP contribution in [0.15, 0.2) is 35.7 Å². The molecule has 0 spiro atoms. The Morgan fingerprint density at radius 1 is 1.31 bits per heavy atom. The van der Waals surface area contributed by atoms with Gasteiger partial charge in [0.25, 0.3) is 0 Å². The number of benzene rings is 1. The zero-order chi connectivity index (χ0) is 11.8. The van der Waals surface area contributed by atoms with E-state index in [1.165, 1.54) is 35.5 Å². The van der Waals surface area contributed by atoms with Crippen LogP contribution < -0.4 is 10.9 Å². The van der Waals surface area contributed by atoms with Crippen molar-refractivity contribution in [3.8, 4) is 5.69 Å². The highest BCUT2D eigenvalue weighted by Crippen LogP contribution is 2.19. The van der Waals surface area contributed by atoms with Crippen molar-refractivity contribution in [3.63, 3.8) is 0 Å². The van der Waals surface area contributed by atoms with Gasteiger partial charge in [0.1, 0.15) is 12.7 Å². The fraction of sp³-hybridized carbons (Fsp3) is 0. The molecule has 0 aliphatic rings. The first-order valence-corrected chi connectivity index (χ1v) is 5.80. The fourth-order valence-electron chi connectivity index (χ4n) is 1.25. The molecule has 8 heteroatoms. The minimum atomic E-state index is -3.74. The molecule has 0 fully saturated rings. The first-order valence-electron chi connectivity index (χ1n) is 4.26. The molecule has 0 saturated carbocycles. The van der Waals surface area contributed by atoms with E-state index in [0.717, 1.165) is 0 Å². The molecule has 0 radical (unpaired) electrons. The van der Waals surface area contributed by atoms with Crippen molar-refractivity contribution < 1.29 is 8.42 Å². The average Bonchev–Trinajstić information content (AvgIpc) is 2.69. The predicted molar refractivity (Wildman–Crippen MR) is 57.1 cm³/mol. The first kappa shape index (κ1) is 10.6. The summed E-state index contributed by atoms with van der Waals surface area (Å²) in [7, 11) is -3.74. The van der Waals surface area contributed by atoms with Gasteiger partial charge in [0.05, 0.1) is 16.3 Å². The van der Waals surface area contributed by atoms with E-state index in [1.54, 1.807) is 0 Å². The minimum absolute atomic E-state index is 0.0335. The Balaban J connectivity index is 2.54. The number of nitrogens with zero attached hydrogens (tertiary/aromatic N) is 3. The van der Waals surface area contributed by atoms with Crippen LogP contribution in [0, 0.1) is 0 Å². The number of nitrogen functional groups attached to an aromatic ring is 1. The van der Waals surface area contributed by atoms with Crippen LogP contribution in [-0.4, -0.2) is 23.2 Å². The van der Waals surface area contributed by atoms with Gasteiger partial charge in [-0.05, 0) is 18.2 Å². The second-order valence-electron chi connectivity index (χ2n) is 3.11. The van der Waals surface area contributed by atoms with Gasteiger partial charge >= 0.3 is 0 Å². The van der Waals surface area contributed by atoms with E-state index in [-0.39, 0.29) is 10.6 Å². The number of anilines is 1. The highest BCUT2D eigenvalue weighted by atomic mass is 32.2. The molecule has 84 valence electrons. The Kier molecular flexibility index (Phi) is 2.37. The van der Waals surface area contributed by atoms with E-state index >= 15 is 0 Å². The van der Waals surface area contributed by atoms with Crippen LogP contribution in [0.25, 0.3) is 5.69 Å². The lowest BCUT2D eigenvalue weighted by molar-refractivity contribution is 0.598. The van der Waals surface area contributed by atoms with Gasteiger partial charge < -0.3 is 5.73 Å². The topological polar surface area (TPSA) is 117 Å². The van der Waals surface area contributed by atoms with Crippen molar-refractivity contribution in [2.24, 2.45) is 5.14 Å². The molecular formula is C8H9N5O2S. The predicted octanol–water partition coefficient (Wildman–Crippen LogP) is -0.503. The standard InChI is InChI=1S/C8H9N5O2S/c9-7-3-6(16(10,14)15)1-2-8(7)13-5-11-4-12-13/h1-5H,9H2,(H2,10,14,15). The molecular weight excluding hydrogens is 230 g/mol. The van der Waals surface area contributed by atoms with Crippen molar-refractivity contribution >= 4 is 15.7 Å². The van der Waals surface area contributed by atoms with E-state index in [0.29, 0.717) is 5.69 Å². The average molecular weight is 239 g/mol. The van der Waals surface area contributed by atoms with Gasteiger partial charge in [-0.25, -0.2) is 23.2 Å². The first-order chi connectivity index (χ1) is 7.48. The van der Waals surface area contributed by atoms with E-state index < -0.39 is 10.0 Å². The van der Waals surface area contributed by atoms with Crippen molar-refractivity contribution in [1.29, 1.82) is 0 Å². The fourth-order valence-corrected chi connectivity index (χ4v) is 1.80. The lowest BCUT2D eigenvalue weighted by Gasteiger charge is -2.06. The Morgan fingerprint density at radius 2 is 2.06 bits per heavy atom. The van der Waals surface area contributed by atoms with Crippen LogP contribution in [0.2, 0.25) is 0 Å². The lowest BCUT2D eigenvalue weighted by Crippen LogP contribution is -2.13. The maximum atomic E-state index is 11.1. The second-order valence-corrected chi connectivity index (χ2v) is 4.67. The quantitative estimate of drug-likeness (QED) is 0.685. The van der Waals surface area contributed by atoms with Gasteiger partial charge in [0.2, 0.25) is 10.0 Å². The van der Waals surface area contributed by atoms with Gasteiger partial charge in [0, 0.05) is 0 Å². The number of rotatable bonds is 2. The summed E-state index contributed by atoms with van der Waals surface area (Å²) in [6, 6.07) is 4.17. The van der Waals surface area contributed by atoms with Gasteiger partial charge in [-0.15, -0.1) is 0 Å². The normalized spacial score (nSPS) is 11.6. The van der Waals surface area contributed by atoms with Crippen LogP contribution in [0.3, 0.4) is 0 Å². The van der Waals surface area contributed by atoms with E-state index in [9.17, 15) is 8.42 Å². The zero-order valence-electron chi connectivity index (χ0n) is 8.11. The molecule has 0 aliphatic heterocycles. The minimum Gasteiger partial charge on any atom is -0.397 e. The molecule has 0 unspecified atom stereocenters. The molecule has 0 saturated heterocycles. The number of primary sulfonamides is 1. The monoisotopic (exact) mass is 239 g/mol. The molecule has 1 heterocycles. The summed E-state index contributed by atoms with van der Waals surface area (Å²) in [5.41, 5.74) is 6.51. The molecule has 0 bridgehead atoms. The Labute approximate surface area is 91.8 Å². The van der Waals surface area contributed by atoms with Crippen molar-refractivity contribution in [2.45, 2.75) is 4.90 Å². The van der Waals surface area contributed by atoms with E-state index in [2.05, 4.69) is 10.1 Å². The lowest BCUT2D eigenvalue weighted by atomic mass is 10.3. The number of sulfonamides is 1. The molecule has 7 nitrogen and oxygen atoms in total. The van der Waals surface area contributed by atoms with Crippen LogP contribution in [-0.2, 0) is 10.0 Å². The highest BCUT2D eigenvalue weighted by Gasteiger charge is 2.10. The molecule has 1 aromatic heterocycles. The van der Waals surface area contributed by atoms with E-state index in [4.69, 9.17) is 10.9 Å². The summed E-state index contributed by atoms with van der Waals surface area (Å²) in [5.74, 6) is 0. The van der Waals surface area contributed by atoms with Crippen LogP contribution in [0.5, 0.6) is 0 Å². The SMILES string of the molecule is Nc1cc(S(N)(=O)=O)ccc1-n1cncn1. The van der Waals surface area contributed by atoms with Gasteiger partial charge in [-0.1, -0.05) is 0 Å². The molecule has 0 aliphatic carbocycles. The van der Waals surface area contributed by atoms with Crippen molar-refractivity contribution in [2.75, 3.05) is 5.73 Å². The van der Waals surface area contributed by atoms with Gasteiger partial charge in [0.15, 0.2) is 0 Å². The number of hydrogen-bond donors (Lipinski definition) is 2. The second kappa shape index (κ2) is 3.58. The number of hydrogen-bond acceptors (Lipinski definition) is 5. The summed E-state index contributed by atoms with van der Waals surface area (Å²) in [6.45, 7) is 0. The van der Waals surface area contributed by atoms with Gasteiger partial charge in [-0.3, -0.25) is 0 Å². The molecule has 16 heavy (non-hydrogen) atoms. The highest BCUT2D eigenvalue weighted by molar-refractivity contribution is 7.89. The van der Waals surface area contributed by atoms with E-state index in [1.807, 2.05) is 0 Å². The maximum absolute atomic E-state index is 11.1. The van der Waals surface area contributed by atoms with Crippen LogP contribution in [0.1, 0.15) is 0 Å². The molecule has 4 N–H and O–H groups in total. The summed E-state index contributed by atoms with van der Waals surface area (Å²) in [5, 5.41) is 8.86. The summed E-state index contributed by atoms with van der Waals surface area (Å²) < 4.78 is 23.6. The van der Waals surface area contributed by atoms with Crippen molar-refractivity contribution in [1.82, 2.24) is 14.8 Å². The maximum Gasteiger partial charge on any atom is 0.238 e. The molecule has 0 atom stereocenters. The third kappa shape index (κ3) is 1.88. The molecule has 0 amide bonds. The number of nitrogens with two attached hydrogens (primary N) is 2. The van der Waals surface area contributed by atoms with Crippen LogP contribution in [0.4, 0.5) is 5.69 Å². The molecule has 1 aromatic carbocycles. The van der Waals surface area contributed by atoms with Gasteiger partial charge in [-0.2, -0.15) is 5.10 Å². The Morgan fingerprint density at radius 3 is 2.56 bits per heavy atom. The summed E-state index contributed by atoms with van der Waals surface area (Å²) in [4.78, 5) is 3.73. The number of aromatic nitrogens is 3. The largest absolute Gasteiger partial charge is 0.397 e. The third-order valence-electron chi connectivity index (χ3n) is 1.99. The summed E-state index contributed by atoms with van der Waals surface area (Å²) in [6.07, 6.45) is 2.81. The third-order valence-corrected chi connectivity index (χ3v) is 2.90. The Hall–Kier alpha value is -1.93. The smallest absolute Gasteiger partial charge is 0.238 e. The summed E-state index contributed by atoms with van der Waals surface area (Å²) >= 11 is 0. The Bertz CT molecular complexity index is 605. The van der Waals surface area contributed by atoms with Crippen molar-refractivity contribution in [3.05, 3.63) is 30.9 Å².